The molecule has 122 valence electrons. The van der Waals surface area contributed by atoms with Crippen LogP contribution in [0.15, 0.2) is 33.6 Å². The van der Waals surface area contributed by atoms with Crippen LogP contribution in [0.25, 0.3) is 0 Å². The molecule has 1 aromatic carbocycles. The van der Waals surface area contributed by atoms with Gasteiger partial charge in [0.1, 0.15) is 12.4 Å². The minimum Gasteiger partial charge on any atom is -0.857 e. The van der Waals surface area contributed by atoms with Gasteiger partial charge in [0, 0.05) is 11.6 Å². The Balaban J connectivity index is 2.94. The third kappa shape index (κ3) is 6.00. The number of benzene rings is 1. The Kier molecular flexibility index (Phi) is 5.92. The van der Waals surface area contributed by atoms with Crippen LogP contribution in [0.1, 0.15) is 0 Å². The molecule has 0 aliphatic carbocycles. The molecule has 9 heteroatoms. The summed E-state index contributed by atoms with van der Waals surface area (Å²) < 4.78 is 27.6. The zero-order valence-electron chi connectivity index (χ0n) is 12.5. The largest absolute Gasteiger partial charge is 0.857 e. The minimum absolute atomic E-state index is 0.0247. The molecule has 0 saturated carbocycles. The lowest BCUT2D eigenvalue weighted by atomic mass is 10.3. The highest BCUT2D eigenvalue weighted by molar-refractivity contribution is 7.90. The van der Waals surface area contributed by atoms with Gasteiger partial charge in [-0.15, -0.1) is 11.6 Å². The maximum atomic E-state index is 12.0. The predicted octanol–water partition coefficient (Wildman–Crippen LogP) is 0.0176. The van der Waals surface area contributed by atoms with Gasteiger partial charge in [-0.3, -0.25) is 4.79 Å². The van der Waals surface area contributed by atoms with Gasteiger partial charge in [-0.1, -0.05) is 0 Å². The van der Waals surface area contributed by atoms with Crippen molar-refractivity contribution < 1.29 is 22.8 Å². The molecule has 22 heavy (non-hydrogen) atoms. The van der Waals surface area contributed by atoms with Gasteiger partial charge in [0.2, 0.25) is 5.91 Å². The van der Waals surface area contributed by atoms with E-state index in [1.54, 1.807) is 21.1 Å². The van der Waals surface area contributed by atoms with Crippen LogP contribution < -0.4 is 10.4 Å². The fourth-order valence-electron chi connectivity index (χ4n) is 1.53. The fourth-order valence-corrected chi connectivity index (χ4v) is 2.50. The summed E-state index contributed by atoms with van der Waals surface area (Å²) in [5, 5.41) is 14.1. The zero-order valence-corrected chi connectivity index (χ0v) is 14.1. The summed E-state index contributed by atoms with van der Waals surface area (Å²) >= 11 is 5.35. The number of hydrogen-bond donors (Lipinski definition) is 1. The van der Waals surface area contributed by atoms with Crippen molar-refractivity contribution in [3.63, 3.8) is 0 Å². The molecule has 1 rings (SSSR count). The summed E-state index contributed by atoms with van der Waals surface area (Å²) in [7, 11) is 1.22. The number of alkyl halides is 1. The van der Waals surface area contributed by atoms with Crippen LogP contribution >= 0.6 is 11.6 Å². The van der Waals surface area contributed by atoms with Gasteiger partial charge in [-0.2, -0.15) is 12.8 Å². The number of carbonyl (C=O) groups excluding carboxylic acids is 1. The van der Waals surface area contributed by atoms with Crippen molar-refractivity contribution >= 4 is 39.1 Å². The molecular formula is C13H18ClN3O4S. The molecule has 0 aromatic heterocycles. The molecule has 0 aliphatic rings. The minimum atomic E-state index is -4.06. The van der Waals surface area contributed by atoms with E-state index >= 15 is 0 Å². The smallest absolute Gasteiger partial charge is 0.281 e. The van der Waals surface area contributed by atoms with E-state index in [0.717, 1.165) is 0 Å². The molecule has 0 aliphatic heterocycles. The molecule has 0 atom stereocenters. The van der Waals surface area contributed by atoms with E-state index < -0.39 is 21.8 Å². The number of hydrogen-bond acceptors (Lipinski definition) is 4. The first-order chi connectivity index (χ1) is 10.0. The van der Waals surface area contributed by atoms with E-state index in [0.29, 0.717) is 5.69 Å². The number of rotatable bonds is 6. The average Bonchev–Trinajstić information content (AvgIpc) is 2.36. The Morgan fingerprint density at radius 1 is 1.27 bits per heavy atom. The molecule has 7 nitrogen and oxygen atoms in total. The van der Waals surface area contributed by atoms with E-state index in [4.69, 9.17) is 11.6 Å². The number of quaternary nitrogens is 1. The lowest BCUT2D eigenvalue weighted by Gasteiger charge is -2.26. The fraction of sp³-hybridized carbons (Fsp3) is 0.385. The van der Waals surface area contributed by atoms with Crippen molar-refractivity contribution in [2.24, 2.45) is 4.40 Å². The molecule has 0 unspecified atom stereocenters. The third-order valence-electron chi connectivity index (χ3n) is 2.39. The summed E-state index contributed by atoms with van der Waals surface area (Å²) in [4.78, 5) is 11.0. The zero-order chi connectivity index (χ0) is 17.0. The van der Waals surface area contributed by atoms with Gasteiger partial charge in [0.05, 0.1) is 26.0 Å². The summed E-state index contributed by atoms with van der Waals surface area (Å²) in [6.07, 6.45) is 0. The number of nitrogens with one attached hydrogen (secondary N) is 1. The summed E-state index contributed by atoms with van der Waals surface area (Å²) in [5.41, 5.74) is 0.405. The highest BCUT2D eigenvalue weighted by Crippen LogP contribution is 2.16. The van der Waals surface area contributed by atoms with Crippen molar-refractivity contribution in [1.29, 1.82) is 0 Å². The van der Waals surface area contributed by atoms with Gasteiger partial charge in [-0.05, 0) is 24.3 Å². The quantitative estimate of drug-likeness (QED) is 0.339. The Hall–Kier alpha value is -1.64. The molecule has 1 N–H and O–H groups in total. The first kappa shape index (κ1) is 18.4. The topological polar surface area (TPSA) is 98.7 Å². The molecule has 0 fully saturated rings. The van der Waals surface area contributed by atoms with E-state index in [1.807, 2.05) is 0 Å². The van der Waals surface area contributed by atoms with E-state index in [9.17, 15) is 18.3 Å². The molecule has 0 saturated heterocycles. The normalized spacial score (nSPS) is 13.0. The van der Waals surface area contributed by atoms with E-state index in [-0.39, 0.29) is 21.8 Å². The molecule has 0 spiro atoms. The summed E-state index contributed by atoms with van der Waals surface area (Å²) in [6, 6.07) is 5.33. The number of amides is 1. The lowest BCUT2D eigenvalue weighted by Crippen LogP contribution is -2.44. The van der Waals surface area contributed by atoms with Gasteiger partial charge in [0.15, 0.2) is 0 Å². The number of likely N-dealkylation sites (N-methyl/N-ethyl adjacent to an activating group) is 1. The number of carbonyl (C=O) groups is 1. The van der Waals surface area contributed by atoms with Crippen LogP contribution in [0.5, 0.6) is 0 Å². The molecule has 0 heterocycles. The van der Waals surface area contributed by atoms with Crippen molar-refractivity contribution in [3.8, 4) is 0 Å². The Bertz CT molecular complexity index is 664. The van der Waals surface area contributed by atoms with Crippen molar-refractivity contribution in [2.75, 3.05) is 38.9 Å². The van der Waals surface area contributed by atoms with Crippen LogP contribution in [0.4, 0.5) is 5.69 Å². The maximum Gasteiger partial charge on any atom is 0.281 e. The van der Waals surface area contributed by atoms with E-state index in [1.165, 1.54) is 24.3 Å². The van der Waals surface area contributed by atoms with Crippen LogP contribution in [-0.2, 0) is 14.8 Å². The first-order valence-corrected chi connectivity index (χ1v) is 8.28. The Morgan fingerprint density at radius 2 is 1.82 bits per heavy atom. The highest BCUT2D eigenvalue weighted by atomic mass is 35.5. The molecule has 0 bridgehead atoms. The van der Waals surface area contributed by atoms with Gasteiger partial charge in [0.25, 0.3) is 10.0 Å². The Labute approximate surface area is 134 Å². The molecule has 1 amide bonds. The van der Waals surface area contributed by atoms with Crippen LogP contribution in [0, 0.1) is 0 Å². The van der Waals surface area contributed by atoms with Crippen molar-refractivity contribution in [2.45, 2.75) is 4.90 Å². The number of halogens is 1. The van der Waals surface area contributed by atoms with Gasteiger partial charge in [-0.25, -0.2) is 0 Å². The van der Waals surface area contributed by atoms with Crippen LogP contribution in [0.3, 0.4) is 0 Å². The second-order valence-electron chi connectivity index (χ2n) is 5.61. The molecule has 1 aromatic rings. The van der Waals surface area contributed by atoms with Crippen molar-refractivity contribution in [3.05, 3.63) is 24.3 Å². The second kappa shape index (κ2) is 7.08. The molecule has 0 radical (unpaired) electrons. The predicted molar refractivity (Wildman–Crippen MR) is 83.3 cm³/mol. The second-order valence-corrected chi connectivity index (χ2v) is 7.49. The number of nitrogens with zero attached hydrogens (tertiary/aromatic N) is 2. The lowest BCUT2D eigenvalue weighted by molar-refractivity contribution is -0.863. The number of sulfonamides is 1. The summed E-state index contributed by atoms with van der Waals surface area (Å²) in [5.74, 6) is -1.32. The van der Waals surface area contributed by atoms with Gasteiger partial charge < -0.3 is 14.9 Å². The van der Waals surface area contributed by atoms with Gasteiger partial charge >= 0.3 is 0 Å². The SMILES string of the molecule is C[N+](C)(C)CC([O-])=NS(=O)(=O)c1ccc(NC(=O)CCl)cc1. The molecular weight excluding hydrogens is 330 g/mol. The summed E-state index contributed by atoms with van der Waals surface area (Å²) in [6.45, 7) is -0.0247. The first-order valence-electron chi connectivity index (χ1n) is 6.31. The maximum absolute atomic E-state index is 12.0. The highest BCUT2D eigenvalue weighted by Gasteiger charge is 2.14. The van der Waals surface area contributed by atoms with Crippen LogP contribution in [0.2, 0.25) is 0 Å². The third-order valence-corrected chi connectivity index (χ3v) is 3.94. The number of anilines is 1. The van der Waals surface area contributed by atoms with E-state index in [2.05, 4.69) is 9.71 Å². The monoisotopic (exact) mass is 347 g/mol. The average molecular weight is 348 g/mol. The standard InChI is InChI=1S/C13H18ClN3O4S/c1-17(2,3)9-13(19)16-22(20,21)11-6-4-10(5-7-11)15-12(18)8-14/h4-7H,8-9H2,1-3H3,(H-,15,16,18,19). The Morgan fingerprint density at radius 3 is 2.27 bits per heavy atom. The van der Waals surface area contributed by atoms with Crippen LogP contribution in [-0.4, -0.2) is 58.3 Å². The van der Waals surface area contributed by atoms with Crippen molar-refractivity contribution in [1.82, 2.24) is 0 Å².